The zero-order chi connectivity index (χ0) is 17.4. The summed E-state index contributed by atoms with van der Waals surface area (Å²) in [5.74, 6) is 0.607. The average molecular weight is 370 g/mol. The largest absolute Gasteiger partial charge is 0.347 e. The molecular formula is C19H16ClN3OS. The number of benzene rings is 2. The Balaban J connectivity index is 1.60. The van der Waals surface area contributed by atoms with Crippen molar-refractivity contribution < 1.29 is 4.79 Å². The summed E-state index contributed by atoms with van der Waals surface area (Å²) in [5, 5.41) is 8.13. The van der Waals surface area contributed by atoms with Crippen molar-refractivity contribution in [3.05, 3.63) is 70.4 Å². The summed E-state index contributed by atoms with van der Waals surface area (Å²) in [7, 11) is 1.89. The molecule has 1 amide bonds. The molecule has 0 atom stereocenters. The first-order valence-corrected chi connectivity index (χ1v) is 9.30. The van der Waals surface area contributed by atoms with Gasteiger partial charge in [0.05, 0.1) is 5.69 Å². The molecule has 4 nitrogen and oxygen atoms in total. The third kappa shape index (κ3) is 3.05. The van der Waals surface area contributed by atoms with E-state index in [9.17, 15) is 4.79 Å². The van der Waals surface area contributed by atoms with Gasteiger partial charge in [0.1, 0.15) is 0 Å². The highest BCUT2D eigenvalue weighted by atomic mass is 35.5. The third-order valence-electron chi connectivity index (χ3n) is 4.24. The Hall–Kier alpha value is -2.24. The Labute approximate surface area is 155 Å². The van der Waals surface area contributed by atoms with Crippen LogP contribution < -0.4 is 5.32 Å². The highest BCUT2D eigenvalue weighted by Gasteiger charge is 2.27. The van der Waals surface area contributed by atoms with E-state index in [1.807, 2.05) is 48.1 Å². The lowest BCUT2D eigenvalue weighted by Crippen LogP contribution is -2.24. The van der Waals surface area contributed by atoms with Crippen LogP contribution >= 0.6 is 23.4 Å². The predicted molar refractivity (Wildman–Crippen MR) is 101 cm³/mol. The van der Waals surface area contributed by atoms with Crippen molar-refractivity contribution in [2.24, 2.45) is 7.05 Å². The predicted octanol–water partition coefficient (Wildman–Crippen LogP) is 4.28. The van der Waals surface area contributed by atoms with E-state index in [1.165, 1.54) is 4.90 Å². The van der Waals surface area contributed by atoms with Crippen molar-refractivity contribution in [1.29, 1.82) is 0 Å². The number of halogens is 1. The van der Waals surface area contributed by atoms with Gasteiger partial charge in [-0.05, 0) is 23.8 Å². The number of fused-ring (bicyclic) bond motifs is 3. The standard InChI is InChI=1S/C19H16ClN3OS/c1-23-18-14-4-2-3-5-16(14)25-11-15(18)17(22-23)19(24)21-10-12-6-8-13(20)9-7-12/h2-9H,10-11H2,1H3,(H,21,24). The van der Waals surface area contributed by atoms with Crippen LogP contribution in [-0.4, -0.2) is 15.7 Å². The van der Waals surface area contributed by atoms with Crippen molar-refractivity contribution >= 4 is 29.3 Å². The molecule has 1 aliphatic rings. The van der Waals surface area contributed by atoms with Crippen LogP contribution in [0.2, 0.25) is 5.02 Å². The lowest BCUT2D eigenvalue weighted by Gasteiger charge is -2.16. The molecule has 3 aromatic rings. The SMILES string of the molecule is Cn1nc(C(=O)NCc2ccc(Cl)cc2)c2c1-c1ccccc1SC2. The van der Waals surface area contributed by atoms with Gasteiger partial charge < -0.3 is 5.32 Å². The summed E-state index contributed by atoms with van der Waals surface area (Å²) in [6.45, 7) is 0.449. The van der Waals surface area contributed by atoms with E-state index in [0.29, 0.717) is 17.3 Å². The Morgan fingerprint density at radius 1 is 1.24 bits per heavy atom. The lowest BCUT2D eigenvalue weighted by molar-refractivity contribution is 0.0944. The zero-order valence-electron chi connectivity index (χ0n) is 13.6. The molecule has 0 fully saturated rings. The van der Waals surface area contributed by atoms with Gasteiger partial charge in [-0.15, -0.1) is 11.8 Å². The van der Waals surface area contributed by atoms with E-state index in [-0.39, 0.29) is 5.91 Å². The van der Waals surface area contributed by atoms with Gasteiger partial charge in [-0.2, -0.15) is 5.10 Å². The van der Waals surface area contributed by atoms with Gasteiger partial charge in [0.25, 0.3) is 5.91 Å². The number of thioether (sulfide) groups is 1. The maximum Gasteiger partial charge on any atom is 0.272 e. The fourth-order valence-corrected chi connectivity index (χ4v) is 4.22. The van der Waals surface area contributed by atoms with E-state index in [4.69, 9.17) is 11.6 Å². The fourth-order valence-electron chi connectivity index (χ4n) is 3.03. The van der Waals surface area contributed by atoms with E-state index < -0.39 is 0 Å². The molecular weight excluding hydrogens is 354 g/mol. The van der Waals surface area contributed by atoms with E-state index in [2.05, 4.69) is 22.5 Å². The van der Waals surface area contributed by atoms with Crippen molar-refractivity contribution in [3.63, 3.8) is 0 Å². The molecule has 0 saturated carbocycles. The molecule has 25 heavy (non-hydrogen) atoms. The number of nitrogens with zero attached hydrogens (tertiary/aromatic N) is 2. The van der Waals surface area contributed by atoms with Crippen LogP contribution in [0.5, 0.6) is 0 Å². The van der Waals surface area contributed by atoms with Crippen molar-refractivity contribution in [3.8, 4) is 11.3 Å². The molecule has 1 N–H and O–H groups in total. The molecule has 2 aromatic carbocycles. The summed E-state index contributed by atoms with van der Waals surface area (Å²) >= 11 is 7.64. The molecule has 0 saturated heterocycles. The quantitative estimate of drug-likeness (QED) is 0.749. The smallest absolute Gasteiger partial charge is 0.272 e. The number of carbonyl (C=O) groups excluding carboxylic acids is 1. The molecule has 126 valence electrons. The third-order valence-corrected chi connectivity index (χ3v) is 5.59. The number of amides is 1. The van der Waals surface area contributed by atoms with Crippen LogP contribution in [0.25, 0.3) is 11.3 Å². The topological polar surface area (TPSA) is 46.9 Å². The first-order chi connectivity index (χ1) is 12.1. The molecule has 1 aliphatic heterocycles. The number of hydrogen-bond acceptors (Lipinski definition) is 3. The summed E-state index contributed by atoms with van der Waals surface area (Å²) < 4.78 is 1.81. The minimum atomic E-state index is -0.146. The van der Waals surface area contributed by atoms with Crippen molar-refractivity contribution in [2.75, 3.05) is 0 Å². The van der Waals surface area contributed by atoms with Gasteiger partial charge in [0.2, 0.25) is 0 Å². The number of hydrogen-bond donors (Lipinski definition) is 1. The molecule has 0 radical (unpaired) electrons. The Morgan fingerprint density at radius 3 is 2.80 bits per heavy atom. The number of aryl methyl sites for hydroxylation is 1. The molecule has 0 bridgehead atoms. The van der Waals surface area contributed by atoms with Crippen molar-refractivity contribution in [1.82, 2.24) is 15.1 Å². The zero-order valence-corrected chi connectivity index (χ0v) is 15.2. The molecule has 1 aromatic heterocycles. The maximum atomic E-state index is 12.7. The molecule has 0 spiro atoms. The minimum Gasteiger partial charge on any atom is -0.347 e. The summed E-state index contributed by atoms with van der Waals surface area (Å²) in [6.07, 6.45) is 0. The van der Waals surface area contributed by atoms with Gasteiger partial charge in [-0.25, -0.2) is 0 Å². The van der Waals surface area contributed by atoms with Gasteiger partial charge >= 0.3 is 0 Å². The number of nitrogens with one attached hydrogen (secondary N) is 1. The Kier molecular flexibility index (Phi) is 4.27. The Bertz CT molecular complexity index is 950. The number of aromatic nitrogens is 2. The van der Waals surface area contributed by atoms with Gasteiger partial charge in [0, 0.05) is 40.4 Å². The fraction of sp³-hybridized carbons (Fsp3) is 0.158. The first-order valence-electron chi connectivity index (χ1n) is 7.94. The highest BCUT2D eigenvalue weighted by molar-refractivity contribution is 7.98. The van der Waals surface area contributed by atoms with Crippen LogP contribution in [0, 0.1) is 0 Å². The second-order valence-corrected chi connectivity index (χ2v) is 7.35. The van der Waals surface area contributed by atoms with Gasteiger partial charge in [0.15, 0.2) is 5.69 Å². The molecule has 0 unspecified atom stereocenters. The molecule has 2 heterocycles. The van der Waals surface area contributed by atoms with E-state index in [0.717, 1.165) is 28.1 Å². The highest BCUT2D eigenvalue weighted by Crippen LogP contribution is 2.42. The molecule has 0 aliphatic carbocycles. The summed E-state index contributed by atoms with van der Waals surface area (Å²) in [6, 6.07) is 15.7. The Morgan fingerprint density at radius 2 is 2.00 bits per heavy atom. The summed E-state index contributed by atoms with van der Waals surface area (Å²) in [5.41, 5.74) is 4.68. The van der Waals surface area contributed by atoms with Crippen LogP contribution in [0.3, 0.4) is 0 Å². The molecule has 6 heteroatoms. The average Bonchev–Trinajstić information content (AvgIpc) is 2.98. The number of rotatable bonds is 3. The first kappa shape index (κ1) is 16.2. The van der Waals surface area contributed by atoms with Crippen LogP contribution in [0.1, 0.15) is 21.6 Å². The summed E-state index contributed by atoms with van der Waals surface area (Å²) in [4.78, 5) is 13.9. The minimum absolute atomic E-state index is 0.146. The van der Waals surface area contributed by atoms with Crippen LogP contribution in [0.15, 0.2) is 53.4 Å². The van der Waals surface area contributed by atoms with Gasteiger partial charge in [-0.3, -0.25) is 9.48 Å². The molecule has 4 rings (SSSR count). The van der Waals surface area contributed by atoms with E-state index >= 15 is 0 Å². The normalized spacial score (nSPS) is 12.4. The van der Waals surface area contributed by atoms with E-state index in [1.54, 1.807) is 11.8 Å². The second-order valence-electron chi connectivity index (χ2n) is 5.89. The van der Waals surface area contributed by atoms with Gasteiger partial charge in [-0.1, -0.05) is 41.9 Å². The number of carbonyl (C=O) groups is 1. The van der Waals surface area contributed by atoms with Crippen LogP contribution in [0.4, 0.5) is 0 Å². The second kappa shape index (κ2) is 6.58. The van der Waals surface area contributed by atoms with Crippen LogP contribution in [-0.2, 0) is 19.3 Å². The monoisotopic (exact) mass is 369 g/mol. The maximum absolute atomic E-state index is 12.7. The van der Waals surface area contributed by atoms with Crippen molar-refractivity contribution in [2.45, 2.75) is 17.2 Å². The lowest BCUT2D eigenvalue weighted by atomic mass is 10.1.